The maximum atomic E-state index is 11.4. The molecule has 0 aromatic carbocycles. The summed E-state index contributed by atoms with van der Waals surface area (Å²) in [5.74, 6) is -0.0557. The van der Waals surface area contributed by atoms with Gasteiger partial charge in [0, 0.05) is 19.2 Å². The topological polar surface area (TPSA) is 125 Å². The van der Waals surface area contributed by atoms with Crippen LogP contribution in [0, 0.1) is 5.41 Å². The van der Waals surface area contributed by atoms with Gasteiger partial charge < -0.3 is 5.73 Å². The summed E-state index contributed by atoms with van der Waals surface area (Å²) in [5.41, 5.74) is 5.07. The van der Waals surface area contributed by atoms with Crippen LogP contribution in [0.15, 0.2) is 17.3 Å². The van der Waals surface area contributed by atoms with Crippen LogP contribution < -0.4 is 10.5 Å². The van der Waals surface area contributed by atoms with Gasteiger partial charge in [-0.3, -0.25) is 10.5 Å². The van der Waals surface area contributed by atoms with Gasteiger partial charge in [-0.1, -0.05) is 0 Å². The molecule has 0 saturated carbocycles. The average molecular weight is 217 g/mol. The minimum atomic E-state index is -3.51. The minimum absolute atomic E-state index is 0.0557. The van der Waals surface area contributed by atoms with Gasteiger partial charge in [0.2, 0.25) is 10.0 Å². The first-order chi connectivity index (χ1) is 6.52. The van der Waals surface area contributed by atoms with Crippen LogP contribution in [0.1, 0.15) is 6.42 Å². The van der Waals surface area contributed by atoms with E-state index in [1.807, 2.05) is 0 Å². The number of H-pyrrole nitrogens is 1. The largest absolute Gasteiger partial charge is 0.388 e. The number of nitrogens with two attached hydrogens (primary N) is 1. The summed E-state index contributed by atoms with van der Waals surface area (Å²) in [6.45, 7) is 0.114. The van der Waals surface area contributed by atoms with Crippen LogP contribution in [-0.4, -0.2) is 31.0 Å². The fraction of sp³-hybridized carbons (Fsp3) is 0.333. The van der Waals surface area contributed by atoms with Gasteiger partial charge in [0.1, 0.15) is 4.90 Å². The molecule has 1 aromatic rings. The van der Waals surface area contributed by atoms with E-state index in [4.69, 9.17) is 11.1 Å². The van der Waals surface area contributed by atoms with Crippen molar-refractivity contribution in [2.75, 3.05) is 6.54 Å². The molecule has 0 aliphatic heterocycles. The third-order valence-electron chi connectivity index (χ3n) is 1.47. The van der Waals surface area contributed by atoms with Gasteiger partial charge in [0.05, 0.1) is 12.0 Å². The molecule has 7 nitrogen and oxygen atoms in total. The van der Waals surface area contributed by atoms with E-state index in [9.17, 15) is 8.42 Å². The molecular formula is C6H11N5O2S. The summed E-state index contributed by atoms with van der Waals surface area (Å²) in [7, 11) is -3.51. The number of aromatic nitrogens is 2. The number of nitrogens with one attached hydrogen (secondary N) is 3. The molecule has 0 spiro atoms. The zero-order valence-electron chi connectivity index (χ0n) is 7.32. The van der Waals surface area contributed by atoms with Crippen molar-refractivity contribution in [3.63, 3.8) is 0 Å². The van der Waals surface area contributed by atoms with Crippen LogP contribution in [0.3, 0.4) is 0 Å². The maximum absolute atomic E-state index is 11.4. The molecule has 0 atom stereocenters. The highest BCUT2D eigenvalue weighted by molar-refractivity contribution is 7.89. The van der Waals surface area contributed by atoms with Gasteiger partial charge in [0.15, 0.2) is 0 Å². The lowest BCUT2D eigenvalue weighted by molar-refractivity contribution is 0.582. The van der Waals surface area contributed by atoms with E-state index in [0.717, 1.165) is 0 Å². The predicted molar refractivity (Wildman–Crippen MR) is 50.3 cm³/mol. The molecule has 0 unspecified atom stereocenters. The van der Waals surface area contributed by atoms with Crippen LogP contribution in [0.2, 0.25) is 0 Å². The molecule has 0 aliphatic carbocycles. The van der Waals surface area contributed by atoms with Gasteiger partial charge in [-0.05, 0) is 0 Å². The van der Waals surface area contributed by atoms with E-state index in [0.29, 0.717) is 0 Å². The Bertz CT molecular complexity index is 396. The molecule has 0 radical (unpaired) electrons. The van der Waals surface area contributed by atoms with Crippen molar-refractivity contribution < 1.29 is 8.42 Å². The standard InChI is InChI=1S/C6H11N5O2S/c7-6(8)1-2-11-14(12,13)5-3-9-10-4-5/h3-4,11H,1-2H2,(H3,7,8)(H,9,10). The first-order valence-corrected chi connectivity index (χ1v) is 5.32. The number of sulfonamides is 1. The summed E-state index contributed by atoms with van der Waals surface area (Å²) >= 11 is 0. The lowest BCUT2D eigenvalue weighted by Gasteiger charge is -2.02. The van der Waals surface area contributed by atoms with E-state index in [1.165, 1.54) is 12.4 Å². The fourth-order valence-corrected chi connectivity index (χ4v) is 1.73. The van der Waals surface area contributed by atoms with Crippen molar-refractivity contribution >= 4 is 15.9 Å². The van der Waals surface area contributed by atoms with E-state index >= 15 is 0 Å². The number of hydrogen-bond acceptors (Lipinski definition) is 4. The van der Waals surface area contributed by atoms with Crippen molar-refractivity contribution in [2.45, 2.75) is 11.3 Å². The van der Waals surface area contributed by atoms with E-state index in [2.05, 4.69) is 14.9 Å². The normalized spacial score (nSPS) is 11.4. The minimum Gasteiger partial charge on any atom is -0.388 e. The molecule has 0 saturated heterocycles. The lowest BCUT2D eigenvalue weighted by Crippen LogP contribution is -2.27. The highest BCUT2D eigenvalue weighted by Gasteiger charge is 2.13. The summed E-state index contributed by atoms with van der Waals surface area (Å²) in [5, 5.41) is 12.8. The number of aromatic amines is 1. The summed E-state index contributed by atoms with van der Waals surface area (Å²) in [6.07, 6.45) is 2.67. The quantitative estimate of drug-likeness (QED) is 0.373. The fourth-order valence-electron chi connectivity index (χ4n) is 0.789. The Kier molecular flexibility index (Phi) is 3.20. The van der Waals surface area contributed by atoms with E-state index < -0.39 is 10.0 Å². The average Bonchev–Trinajstić information content (AvgIpc) is 2.54. The van der Waals surface area contributed by atoms with Crippen LogP contribution in [-0.2, 0) is 10.0 Å². The van der Waals surface area contributed by atoms with Crippen molar-refractivity contribution in [3.05, 3.63) is 12.4 Å². The Hall–Kier alpha value is -1.41. The Morgan fingerprint density at radius 2 is 2.43 bits per heavy atom. The Balaban J connectivity index is 2.56. The predicted octanol–water partition coefficient (Wildman–Crippen LogP) is -0.986. The van der Waals surface area contributed by atoms with Gasteiger partial charge in [0.25, 0.3) is 0 Å². The molecule has 1 aromatic heterocycles. The maximum Gasteiger partial charge on any atom is 0.243 e. The zero-order valence-corrected chi connectivity index (χ0v) is 8.13. The molecule has 5 N–H and O–H groups in total. The van der Waals surface area contributed by atoms with Gasteiger partial charge in [-0.25, -0.2) is 13.1 Å². The van der Waals surface area contributed by atoms with Gasteiger partial charge in [-0.2, -0.15) is 5.10 Å². The Labute approximate surface area is 81.3 Å². The molecule has 0 fully saturated rings. The molecule has 0 amide bonds. The molecule has 1 heterocycles. The monoisotopic (exact) mass is 217 g/mol. The SMILES string of the molecule is N=C(N)CCNS(=O)(=O)c1cn[nH]c1. The lowest BCUT2D eigenvalue weighted by atomic mass is 10.4. The van der Waals surface area contributed by atoms with Crippen molar-refractivity contribution in [1.82, 2.24) is 14.9 Å². The van der Waals surface area contributed by atoms with Crippen molar-refractivity contribution in [2.24, 2.45) is 5.73 Å². The molecule has 0 bridgehead atoms. The number of hydrogen-bond donors (Lipinski definition) is 4. The third-order valence-corrected chi connectivity index (χ3v) is 2.90. The van der Waals surface area contributed by atoms with Crippen LogP contribution in [0.4, 0.5) is 0 Å². The molecular weight excluding hydrogens is 206 g/mol. The van der Waals surface area contributed by atoms with E-state index in [1.54, 1.807) is 0 Å². The van der Waals surface area contributed by atoms with Crippen LogP contribution in [0.5, 0.6) is 0 Å². The molecule has 14 heavy (non-hydrogen) atoms. The van der Waals surface area contributed by atoms with Gasteiger partial charge in [-0.15, -0.1) is 0 Å². The Morgan fingerprint density at radius 3 is 2.93 bits per heavy atom. The number of amidine groups is 1. The summed E-state index contributed by atoms with van der Waals surface area (Å²) in [6, 6.07) is 0. The first-order valence-electron chi connectivity index (χ1n) is 3.84. The second kappa shape index (κ2) is 4.20. The highest BCUT2D eigenvalue weighted by Crippen LogP contribution is 2.03. The smallest absolute Gasteiger partial charge is 0.243 e. The van der Waals surface area contributed by atoms with Crippen molar-refractivity contribution in [1.29, 1.82) is 5.41 Å². The summed E-state index contributed by atoms with van der Waals surface area (Å²) < 4.78 is 25.1. The zero-order chi connectivity index (χ0) is 10.6. The number of nitrogens with zero attached hydrogens (tertiary/aromatic N) is 1. The molecule has 8 heteroatoms. The highest BCUT2D eigenvalue weighted by atomic mass is 32.2. The van der Waals surface area contributed by atoms with Gasteiger partial charge >= 0.3 is 0 Å². The van der Waals surface area contributed by atoms with Crippen LogP contribution >= 0.6 is 0 Å². The first kappa shape index (κ1) is 10.7. The molecule has 0 aliphatic rings. The Morgan fingerprint density at radius 1 is 1.71 bits per heavy atom. The second-order valence-corrected chi connectivity index (χ2v) is 4.37. The van der Waals surface area contributed by atoms with E-state index in [-0.39, 0.29) is 23.7 Å². The summed E-state index contributed by atoms with van der Waals surface area (Å²) in [4.78, 5) is 0.0704. The van der Waals surface area contributed by atoms with Crippen molar-refractivity contribution in [3.8, 4) is 0 Å². The van der Waals surface area contributed by atoms with Crippen LogP contribution in [0.25, 0.3) is 0 Å². The number of rotatable bonds is 5. The second-order valence-electron chi connectivity index (χ2n) is 2.61. The molecule has 1 rings (SSSR count). The molecule has 78 valence electrons. The third kappa shape index (κ3) is 2.82.